The third-order valence-corrected chi connectivity index (χ3v) is 6.00. The van der Waals surface area contributed by atoms with E-state index in [1.807, 2.05) is 14.0 Å². The molecule has 0 aromatic carbocycles. The molecule has 2 aromatic rings. The zero-order valence-electron chi connectivity index (χ0n) is 14.1. The number of hydrogen-bond acceptors (Lipinski definition) is 5. The third-order valence-electron chi connectivity index (χ3n) is 5.17. The normalized spacial score (nSPS) is 20.2. The van der Waals surface area contributed by atoms with Gasteiger partial charge in [-0.15, -0.1) is 5.10 Å². The summed E-state index contributed by atoms with van der Waals surface area (Å²) in [6, 6.07) is 0. The quantitative estimate of drug-likeness (QED) is 0.898. The molecule has 9 heteroatoms. The summed E-state index contributed by atoms with van der Waals surface area (Å²) < 4.78 is 31.8. The zero-order valence-corrected chi connectivity index (χ0v) is 14.9. The van der Waals surface area contributed by atoms with Gasteiger partial charge in [0.25, 0.3) is 0 Å². The van der Waals surface area contributed by atoms with Crippen molar-refractivity contribution >= 4 is 23.3 Å². The van der Waals surface area contributed by atoms with Gasteiger partial charge in [-0.1, -0.05) is 10.9 Å². The fourth-order valence-electron chi connectivity index (χ4n) is 3.50. The van der Waals surface area contributed by atoms with Crippen LogP contribution in [-0.4, -0.2) is 31.2 Å². The Morgan fingerprint density at radius 2 is 2.08 bits per heavy atom. The van der Waals surface area contributed by atoms with Gasteiger partial charge in [0.05, 0.1) is 16.3 Å². The lowest BCUT2D eigenvalue weighted by Crippen LogP contribution is -2.42. The van der Waals surface area contributed by atoms with Crippen molar-refractivity contribution in [2.45, 2.75) is 50.9 Å². The smallest absolute Gasteiger partial charge is 0.249 e. The van der Waals surface area contributed by atoms with E-state index in [4.69, 9.17) is 0 Å². The summed E-state index contributed by atoms with van der Waals surface area (Å²) in [6.07, 6.45) is 2.45. The number of halogens is 2. The van der Waals surface area contributed by atoms with Gasteiger partial charge in [-0.3, -0.25) is 9.48 Å². The lowest BCUT2D eigenvalue weighted by molar-refractivity contribution is -0.145. The molecule has 2 heterocycles. The molecule has 0 radical (unpaired) electrons. The van der Waals surface area contributed by atoms with E-state index in [9.17, 15) is 13.6 Å². The standard InChI is InChI=1S/C16H19F2N5OS/c1-8-13(25-22-20-8)12-11(9-4-3-5-9)14(21-23(12)2)19-15(24)10-6-16(17,18)7-10/h9-10H,3-7H2,1-2H3,(H,19,21,24). The van der Waals surface area contributed by atoms with Gasteiger partial charge in [0.2, 0.25) is 11.8 Å². The first-order valence-electron chi connectivity index (χ1n) is 8.40. The van der Waals surface area contributed by atoms with Crippen LogP contribution >= 0.6 is 11.5 Å². The van der Waals surface area contributed by atoms with Gasteiger partial charge in [0, 0.05) is 31.4 Å². The predicted molar refractivity (Wildman–Crippen MR) is 89.7 cm³/mol. The number of nitrogens with one attached hydrogen (secondary N) is 1. The average molecular weight is 367 g/mol. The van der Waals surface area contributed by atoms with E-state index in [-0.39, 0.29) is 18.7 Å². The van der Waals surface area contributed by atoms with Crippen molar-refractivity contribution in [1.29, 1.82) is 0 Å². The summed E-state index contributed by atoms with van der Waals surface area (Å²) in [5.74, 6) is -2.89. The van der Waals surface area contributed by atoms with E-state index in [2.05, 4.69) is 20.0 Å². The maximum absolute atomic E-state index is 13.0. The summed E-state index contributed by atoms with van der Waals surface area (Å²) in [5, 5.41) is 11.3. The number of anilines is 1. The molecule has 2 saturated carbocycles. The number of nitrogens with zero attached hydrogens (tertiary/aromatic N) is 4. The van der Waals surface area contributed by atoms with Crippen LogP contribution in [0.25, 0.3) is 10.6 Å². The van der Waals surface area contributed by atoms with Crippen molar-refractivity contribution in [3.05, 3.63) is 11.3 Å². The van der Waals surface area contributed by atoms with Gasteiger partial charge in [-0.25, -0.2) is 8.78 Å². The van der Waals surface area contributed by atoms with Crippen LogP contribution in [0.2, 0.25) is 0 Å². The number of aryl methyl sites for hydroxylation is 2. The highest BCUT2D eigenvalue weighted by atomic mass is 32.1. The molecular formula is C16H19F2N5OS. The number of rotatable bonds is 4. The molecule has 0 atom stereocenters. The number of amides is 1. The highest BCUT2D eigenvalue weighted by molar-refractivity contribution is 7.09. The first kappa shape index (κ1) is 16.6. The molecule has 25 heavy (non-hydrogen) atoms. The second-order valence-electron chi connectivity index (χ2n) is 7.00. The zero-order chi connectivity index (χ0) is 17.8. The molecule has 2 aromatic heterocycles. The highest BCUT2D eigenvalue weighted by Crippen LogP contribution is 2.47. The van der Waals surface area contributed by atoms with Gasteiger partial charge in [0.1, 0.15) is 0 Å². The monoisotopic (exact) mass is 367 g/mol. The number of hydrogen-bond donors (Lipinski definition) is 1. The lowest BCUT2D eigenvalue weighted by atomic mass is 9.78. The summed E-state index contributed by atoms with van der Waals surface area (Å²) in [6.45, 7) is 1.89. The van der Waals surface area contributed by atoms with Crippen LogP contribution in [0.5, 0.6) is 0 Å². The predicted octanol–water partition coefficient (Wildman–Crippen LogP) is 3.50. The average Bonchev–Trinajstić information content (AvgIpc) is 2.99. The topological polar surface area (TPSA) is 72.7 Å². The van der Waals surface area contributed by atoms with Crippen molar-refractivity contribution in [1.82, 2.24) is 19.4 Å². The molecule has 6 nitrogen and oxygen atoms in total. The van der Waals surface area contributed by atoms with Crippen LogP contribution in [0.3, 0.4) is 0 Å². The molecule has 0 bridgehead atoms. The van der Waals surface area contributed by atoms with Gasteiger partial charge in [-0.2, -0.15) is 5.10 Å². The maximum Gasteiger partial charge on any atom is 0.249 e. The molecule has 2 fully saturated rings. The molecule has 0 spiro atoms. The Kier molecular flexibility index (Phi) is 3.86. The molecule has 4 rings (SSSR count). The van der Waals surface area contributed by atoms with Crippen molar-refractivity contribution in [2.24, 2.45) is 13.0 Å². The Labute approximate surface area is 147 Å². The molecule has 2 aliphatic carbocycles. The van der Waals surface area contributed by atoms with Crippen molar-refractivity contribution in [3.8, 4) is 10.6 Å². The Hall–Kier alpha value is -1.90. The van der Waals surface area contributed by atoms with E-state index in [1.165, 1.54) is 11.5 Å². The summed E-state index contributed by atoms with van der Waals surface area (Å²) in [4.78, 5) is 13.3. The fraction of sp³-hybridized carbons (Fsp3) is 0.625. The Balaban J connectivity index is 1.66. The Bertz CT molecular complexity index is 819. The maximum atomic E-state index is 13.0. The second-order valence-corrected chi connectivity index (χ2v) is 7.75. The molecule has 0 unspecified atom stereocenters. The molecule has 2 aliphatic rings. The Morgan fingerprint density at radius 3 is 2.60 bits per heavy atom. The molecule has 1 amide bonds. The summed E-state index contributed by atoms with van der Waals surface area (Å²) in [5.41, 5.74) is 2.74. The molecule has 0 saturated heterocycles. The van der Waals surface area contributed by atoms with E-state index in [1.54, 1.807) is 4.68 Å². The minimum Gasteiger partial charge on any atom is -0.309 e. The van der Waals surface area contributed by atoms with Crippen LogP contribution in [0, 0.1) is 12.8 Å². The third kappa shape index (κ3) is 2.84. The van der Waals surface area contributed by atoms with E-state index in [0.717, 1.165) is 41.1 Å². The van der Waals surface area contributed by atoms with E-state index < -0.39 is 11.8 Å². The number of alkyl halides is 2. The number of carbonyl (C=O) groups excluding carboxylic acids is 1. The number of aromatic nitrogens is 4. The van der Waals surface area contributed by atoms with Crippen LogP contribution in [-0.2, 0) is 11.8 Å². The molecular weight excluding hydrogens is 348 g/mol. The highest BCUT2D eigenvalue weighted by Gasteiger charge is 2.49. The second kappa shape index (κ2) is 5.82. The van der Waals surface area contributed by atoms with E-state index in [0.29, 0.717) is 11.7 Å². The van der Waals surface area contributed by atoms with Crippen LogP contribution in [0.4, 0.5) is 14.6 Å². The SMILES string of the molecule is Cc1nnsc1-c1c(C2CCC2)c(NC(=O)C2CC(F)(F)C2)nn1C. The van der Waals surface area contributed by atoms with E-state index >= 15 is 0 Å². The van der Waals surface area contributed by atoms with Crippen LogP contribution in [0.1, 0.15) is 49.3 Å². The van der Waals surface area contributed by atoms with Gasteiger partial charge in [0.15, 0.2) is 5.82 Å². The lowest BCUT2D eigenvalue weighted by Gasteiger charge is -2.33. The number of carbonyl (C=O) groups is 1. The molecule has 0 aliphatic heterocycles. The minimum atomic E-state index is -2.71. The minimum absolute atomic E-state index is 0.323. The largest absolute Gasteiger partial charge is 0.309 e. The molecule has 1 N–H and O–H groups in total. The summed E-state index contributed by atoms with van der Waals surface area (Å²) in [7, 11) is 1.82. The van der Waals surface area contributed by atoms with Crippen molar-refractivity contribution in [3.63, 3.8) is 0 Å². The summed E-state index contributed by atoms with van der Waals surface area (Å²) >= 11 is 1.30. The first-order chi connectivity index (χ1) is 11.9. The van der Waals surface area contributed by atoms with Gasteiger partial charge in [-0.05, 0) is 37.2 Å². The van der Waals surface area contributed by atoms with Gasteiger partial charge >= 0.3 is 0 Å². The molecule has 134 valence electrons. The Morgan fingerprint density at radius 1 is 1.36 bits per heavy atom. The van der Waals surface area contributed by atoms with Crippen LogP contribution < -0.4 is 5.32 Å². The first-order valence-corrected chi connectivity index (χ1v) is 9.18. The van der Waals surface area contributed by atoms with Crippen molar-refractivity contribution < 1.29 is 13.6 Å². The fourth-order valence-corrected chi connectivity index (χ4v) is 4.25. The van der Waals surface area contributed by atoms with Gasteiger partial charge < -0.3 is 5.32 Å². The van der Waals surface area contributed by atoms with Crippen molar-refractivity contribution in [2.75, 3.05) is 5.32 Å². The van der Waals surface area contributed by atoms with Crippen LogP contribution in [0.15, 0.2) is 0 Å².